The second-order valence-electron chi connectivity index (χ2n) is 8.61. The minimum Gasteiger partial charge on any atom is -0.309 e. The van der Waals surface area contributed by atoms with Gasteiger partial charge in [0.1, 0.15) is 5.82 Å². The Bertz CT molecular complexity index is 1240. The van der Waals surface area contributed by atoms with Gasteiger partial charge in [0, 0.05) is 31.2 Å². The number of benzene rings is 2. The van der Waals surface area contributed by atoms with Crippen LogP contribution in [0.25, 0.3) is 10.9 Å². The third-order valence-corrected chi connectivity index (χ3v) is 6.96. The molecule has 1 saturated heterocycles. The van der Waals surface area contributed by atoms with Gasteiger partial charge >= 0.3 is 0 Å². The van der Waals surface area contributed by atoms with Crippen LogP contribution in [-0.2, 0) is 6.54 Å². The van der Waals surface area contributed by atoms with Gasteiger partial charge in [-0.15, -0.1) is 11.6 Å². The first-order valence-corrected chi connectivity index (χ1v) is 12.1. The molecule has 1 aliphatic carbocycles. The third-order valence-electron chi connectivity index (χ3n) is 6.39. The Kier molecular flexibility index (Phi) is 6.65. The van der Waals surface area contributed by atoms with E-state index in [1.165, 1.54) is 11.1 Å². The molecule has 0 radical (unpaired) electrons. The fourth-order valence-corrected chi connectivity index (χ4v) is 4.96. The molecule has 0 spiro atoms. The van der Waals surface area contributed by atoms with Crippen LogP contribution in [0, 0.1) is 0 Å². The second kappa shape index (κ2) is 9.82. The normalized spacial score (nSPS) is 20.7. The summed E-state index contributed by atoms with van der Waals surface area (Å²) in [5.74, 6) is 0.715. The summed E-state index contributed by atoms with van der Waals surface area (Å²) < 4.78 is 0. The fraction of sp³-hybridized carbons (Fsp3) is 0.308. The number of H-pyrrole nitrogens is 1. The maximum Gasteiger partial charge on any atom is 0.258 e. The van der Waals surface area contributed by atoms with Crippen LogP contribution in [0.1, 0.15) is 23.9 Å². The van der Waals surface area contributed by atoms with Crippen LogP contribution in [0.4, 0.5) is 0 Å². The quantitative estimate of drug-likeness (QED) is 0.526. The molecule has 0 bridgehead atoms. The first kappa shape index (κ1) is 22.4. The summed E-state index contributed by atoms with van der Waals surface area (Å²) in [7, 11) is 0. The van der Waals surface area contributed by atoms with Gasteiger partial charge in [0.15, 0.2) is 0 Å². The summed E-state index contributed by atoms with van der Waals surface area (Å²) in [6.45, 7) is 4.27. The van der Waals surface area contributed by atoms with Crippen molar-refractivity contribution >= 4 is 34.1 Å². The summed E-state index contributed by atoms with van der Waals surface area (Å²) in [6, 6.07) is 15.8. The number of allylic oxidation sites excluding steroid dienone is 2. The van der Waals surface area contributed by atoms with Crippen LogP contribution < -0.4 is 5.56 Å². The molecule has 2 heterocycles. The standard InChI is InChI=1S/C26H26Cl2N4O/c27-20-9-5-18(6-10-20)25(19-7-11-21(28)12-8-19)32-15-13-31(14-16-32)17-24-29-23-4-2-1-3-22(23)26(33)30-24/h1-11,21,25H,12-17H2,(H,29,30,33). The van der Waals surface area contributed by atoms with Crippen molar-refractivity contribution in [3.8, 4) is 0 Å². The van der Waals surface area contributed by atoms with Crippen LogP contribution in [0.15, 0.2) is 77.1 Å². The minimum atomic E-state index is -0.0781. The lowest BCUT2D eigenvalue weighted by atomic mass is 9.92. The molecule has 33 heavy (non-hydrogen) atoms. The molecular weight excluding hydrogens is 455 g/mol. The van der Waals surface area contributed by atoms with E-state index in [9.17, 15) is 4.79 Å². The van der Waals surface area contributed by atoms with Crippen molar-refractivity contribution in [2.75, 3.05) is 26.2 Å². The number of aromatic nitrogens is 2. The third kappa shape index (κ3) is 5.07. The van der Waals surface area contributed by atoms with Crippen molar-refractivity contribution in [3.63, 3.8) is 0 Å². The topological polar surface area (TPSA) is 52.2 Å². The maximum absolute atomic E-state index is 12.4. The van der Waals surface area contributed by atoms with Gasteiger partial charge in [0.2, 0.25) is 0 Å². The highest BCUT2D eigenvalue weighted by atomic mass is 35.5. The predicted octanol–water partition coefficient (Wildman–Crippen LogP) is 4.93. The number of para-hydroxylation sites is 1. The highest BCUT2D eigenvalue weighted by Crippen LogP contribution is 2.34. The Morgan fingerprint density at radius 1 is 1.06 bits per heavy atom. The molecule has 1 fully saturated rings. The Hall–Kier alpha value is -2.44. The molecule has 2 unspecified atom stereocenters. The number of piperazine rings is 1. The van der Waals surface area contributed by atoms with Gasteiger partial charge in [-0.05, 0) is 41.8 Å². The monoisotopic (exact) mass is 480 g/mol. The number of aromatic amines is 1. The number of hydrogen-bond acceptors (Lipinski definition) is 4. The molecule has 1 aromatic heterocycles. The number of fused-ring (bicyclic) bond motifs is 1. The lowest BCUT2D eigenvalue weighted by Crippen LogP contribution is -2.47. The van der Waals surface area contributed by atoms with Crippen molar-refractivity contribution in [1.82, 2.24) is 19.8 Å². The van der Waals surface area contributed by atoms with Crippen LogP contribution in [0.3, 0.4) is 0 Å². The minimum absolute atomic E-state index is 0.0630. The van der Waals surface area contributed by atoms with Crippen molar-refractivity contribution in [2.24, 2.45) is 0 Å². The Morgan fingerprint density at radius 2 is 1.82 bits per heavy atom. The molecule has 7 heteroatoms. The van der Waals surface area contributed by atoms with E-state index in [0.29, 0.717) is 17.8 Å². The Balaban J connectivity index is 1.31. The van der Waals surface area contributed by atoms with Gasteiger partial charge in [0.25, 0.3) is 5.56 Å². The number of nitrogens with zero attached hydrogens (tertiary/aromatic N) is 3. The first-order chi connectivity index (χ1) is 16.1. The summed E-state index contributed by atoms with van der Waals surface area (Å²) in [5.41, 5.74) is 3.18. The zero-order chi connectivity index (χ0) is 22.8. The van der Waals surface area contributed by atoms with E-state index in [1.807, 2.05) is 30.3 Å². The zero-order valence-corrected chi connectivity index (χ0v) is 19.8. The summed E-state index contributed by atoms with van der Waals surface area (Å²) in [6.07, 6.45) is 7.35. The molecule has 2 aliphatic rings. The number of nitrogens with one attached hydrogen (secondary N) is 1. The molecule has 2 atom stereocenters. The van der Waals surface area contributed by atoms with Crippen LogP contribution in [-0.4, -0.2) is 51.3 Å². The van der Waals surface area contributed by atoms with E-state index in [0.717, 1.165) is 43.1 Å². The zero-order valence-electron chi connectivity index (χ0n) is 18.3. The van der Waals surface area contributed by atoms with Gasteiger partial charge in [-0.3, -0.25) is 14.6 Å². The molecule has 0 saturated carbocycles. The van der Waals surface area contributed by atoms with Gasteiger partial charge < -0.3 is 4.98 Å². The highest BCUT2D eigenvalue weighted by Gasteiger charge is 2.28. The highest BCUT2D eigenvalue weighted by molar-refractivity contribution is 6.30. The van der Waals surface area contributed by atoms with E-state index in [1.54, 1.807) is 6.07 Å². The van der Waals surface area contributed by atoms with Crippen molar-refractivity contribution < 1.29 is 0 Å². The molecule has 3 aromatic rings. The van der Waals surface area contributed by atoms with Crippen molar-refractivity contribution in [3.05, 3.63) is 99.1 Å². The smallest absolute Gasteiger partial charge is 0.258 e. The van der Waals surface area contributed by atoms with Crippen LogP contribution >= 0.6 is 23.2 Å². The number of alkyl halides is 1. The maximum atomic E-state index is 12.4. The van der Waals surface area contributed by atoms with Gasteiger partial charge in [-0.2, -0.15) is 0 Å². The SMILES string of the molecule is O=c1[nH]c(CN2CCN(C(C3=CCC(Cl)C=C3)c3ccc(Cl)cc3)CC2)nc2ccccc12. The summed E-state index contributed by atoms with van der Waals surface area (Å²) in [5, 5.41) is 1.44. The molecule has 0 amide bonds. The van der Waals surface area contributed by atoms with Crippen molar-refractivity contribution in [2.45, 2.75) is 24.4 Å². The first-order valence-electron chi connectivity index (χ1n) is 11.3. The average Bonchev–Trinajstić information content (AvgIpc) is 2.83. The largest absolute Gasteiger partial charge is 0.309 e. The molecular formula is C26H26Cl2N4O. The fourth-order valence-electron chi connectivity index (χ4n) is 4.67. The lowest BCUT2D eigenvalue weighted by Gasteiger charge is -2.40. The second-order valence-corrected chi connectivity index (χ2v) is 9.61. The van der Waals surface area contributed by atoms with E-state index in [2.05, 4.69) is 50.1 Å². The molecule has 5 nitrogen and oxygen atoms in total. The van der Waals surface area contributed by atoms with Gasteiger partial charge in [-0.25, -0.2) is 4.98 Å². The van der Waals surface area contributed by atoms with Gasteiger partial charge in [-0.1, -0.05) is 54.1 Å². The molecule has 170 valence electrons. The van der Waals surface area contributed by atoms with Gasteiger partial charge in [0.05, 0.1) is 28.9 Å². The Labute approximate surface area is 203 Å². The molecule has 5 rings (SSSR count). The molecule has 1 aliphatic heterocycles. The average molecular weight is 481 g/mol. The molecule has 2 aromatic carbocycles. The molecule has 1 N–H and O–H groups in total. The number of hydrogen-bond donors (Lipinski definition) is 1. The number of rotatable bonds is 5. The van der Waals surface area contributed by atoms with E-state index < -0.39 is 0 Å². The van der Waals surface area contributed by atoms with Crippen LogP contribution in [0.5, 0.6) is 0 Å². The van der Waals surface area contributed by atoms with E-state index in [-0.39, 0.29) is 17.0 Å². The predicted molar refractivity (Wildman–Crippen MR) is 135 cm³/mol. The lowest BCUT2D eigenvalue weighted by molar-refractivity contribution is 0.102. The van der Waals surface area contributed by atoms with E-state index >= 15 is 0 Å². The summed E-state index contributed by atoms with van der Waals surface area (Å²) in [4.78, 5) is 24.9. The van der Waals surface area contributed by atoms with E-state index in [4.69, 9.17) is 23.2 Å². The Morgan fingerprint density at radius 3 is 2.55 bits per heavy atom. The number of halogens is 2. The van der Waals surface area contributed by atoms with Crippen LogP contribution in [0.2, 0.25) is 5.02 Å². The summed E-state index contributed by atoms with van der Waals surface area (Å²) >= 11 is 12.4. The van der Waals surface area contributed by atoms with Crippen molar-refractivity contribution in [1.29, 1.82) is 0 Å².